The lowest BCUT2D eigenvalue weighted by atomic mass is 9.95. The number of nitrogens with zero attached hydrogens (tertiary/aromatic N) is 3. The summed E-state index contributed by atoms with van der Waals surface area (Å²) < 4.78 is 14.2. The van der Waals surface area contributed by atoms with Gasteiger partial charge in [0.2, 0.25) is 0 Å². The van der Waals surface area contributed by atoms with Gasteiger partial charge in [-0.1, -0.05) is 18.2 Å². The second-order valence-corrected chi connectivity index (χ2v) is 7.79. The van der Waals surface area contributed by atoms with Crippen LogP contribution in [-0.2, 0) is 5.41 Å². The minimum atomic E-state index is -0.0768. The molecule has 0 spiro atoms. The molecule has 3 aliphatic rings. The third-order valence-electron chi connectivity index (χ3n) is 6.22. The Morgan fingerprint density at radius 3 is 2.62 bits per heavy atom. The Morgan fingerprint density at radius 2 is 1.96 bits per heavy atom. The fourth-order valence-electron chi connectivity index (χ4n) is 4.50. The summed E-state index contributed by atoms with van der Waals surface area (Å²) in [4.78, 5) is 9.51. The summed E-state index contributed by atoms with van der Waals surface area (Å²) in [6, 6.07) is 7.89. The standard InChI is InChI=1S/C20H29FN4.HI/c1-22-19(25-13-8-16(14-25)24-11-4-5-12-24)23-15-20(9-10-20)17-6-2-3-7-18(17)21;/h2-3,6-7,16H,4-5,8-15H2,1H3,(H,22,23);1H. The highest BCUT2D eigenvalue weighted by atomic mass is 127. The van der Waals surface area contributed by atoms with Crippen LogP contribution in [0.1, 0.15) is 37.7 Å². The fraction of sp³-hybridized carbons (Fsp3) is 0.650. The first-order valence-corrected chi connectivity index (χ1v) is 9.66. The van der Waals surface area contributed by atoms with Gasteiger partial charge in [0.1, 0.15) is 5.82 Å². The van der Waals surface area contributed by atoms with Crippen LogP contribution in [-0.4, -0.2) is 61.6 Å². The Bertz CT molecular complexity index is 640. The molecule has 1 aliphatic carbocycles. The lowest BCUT2D eigenvalue weighted by Gasteiger charge is -2.27. The number of benzene rings is 1. The predicted molar refractivity (Wildman–Crippen MR) is 115 cm³/mol. The van der Waals surface area contributed by atoms with Crippen LogP contribution < -0.4 is 5.32 Å². The van der Waals surface area contributed by atoms with Crippen molar-refractivity contribution < 1.29 is 4.39 Å². The van der Waals surface area contributed by atoms with E-state index in [1.54, 1.807) is 12.1 Å². The highest BCUT2D eigenvalue weighted by molar-refractivity contribution is 14.0. The van der Waals surface area contributed by atoms with Crippen LogP contribution in [0.15, 0.2) is 29.3 Å². The van der Waals surface area contributed by atoms with E-state index in [-0.39, 0.29) is 35.2 Å². The van der Waals surface area contributed by atoms with Crippen LogP contribution in [0, 0.1) is 5.82 Å². The molecule has 4 nitrogen and oxygen atoms in total. The number of aliphatic imine (C=N–C) groups is 1. The van der Waals surface area contributed by atoms with Crippen LogP contribution in [0.3, 0.4) is 0 Å². The molecule has 6 heteroatoms. The van der Waals surface area contributed by atoms with Gasteiger partial charge in [-0.3, -0.25) is 9.89 Å². The van der Waals surface area contributed by atoms with E-state index in [0.717, 1.165) is 44.0 Å². The molecule has 0 aromatic heterocycles. The van der Waals surface area contributed by atoms with Crippen molar-refractivity contribution in [2.75, 3.05) is 39.8 Å². The van der Waals surface area contributed by atoms with Crippen LogP contribution in [0.4, 0.5) is 4.39 Å². The van der Waals surface area contributed by atoms with Crippen molar-refractivity contribution >= 4 is 29.9 Å². The molecule has 2 aliphatic heterocycles. The predicted octanol–water partition coefficient (Wildman–Crippen LogP) is 3.22. The summed E-state index contributed by atoms with van der Waals surface area (Å²) >= 11 is 0. The number of hydrogen-bond donors (Lipinski definition) is 1. The molecule has 1 N–H and O–H groups in total. The summed E-state index contributed by atoms with van der Waals surface area (Å²) in [6.45, 7) is 5.40. The van der Waals surface area contributed by atoms with Crippen molar-refractivity contribution in [1.29, 1.82) is 0 Å². The molecule has 4 rings (SSSR count). The third-order valence-corrected chi connectivity index (χ3v) is 6.22. The van der Waals surface area contributed by atoms with Crippen molar-refractivity contribution in [3.05, 3.63) is 35.6 Å². The van der Waals surface area contributed by atoms with E-state index < -0.39 is 0 Å². The molecule has 0 amide bonds. The zero-order chi connectivity index (χ0) is 17.3. The molecule has 2 saturated heterocycles. The molecule has 2 heterocycles. The molecule has 1 saturated carbocycles. The number of rotatable bonds is 4. The maximum absolute atomic E-state index is 14.2. The van der Waals surface area contributed by atoms with Crippen molar-refractivity contribution in [1.82, 2.24) is 15.1 Å². The molecule has 1 atom stereocenters. The van der Waals surface area contributed by atoms with Crippen LogP contribution in [0.2, 0.25) is 0 Å². The summed E-state index contributed by atoms with van der Waals surface area (Å²) in [5.41, 5.74) is 0.810. The summed E-state index contributed by atoms with van der Waals surface area (Å²) in [7, 11) is 1.86. The van der Waals surface area contributed by atoms with Gasteiger partial charge >= 0.3 is 0 Å². The van der Waals surface area contributed by atoms with Crippen LogP contribution >= 0.6 is 24.0 Å². The van der Waals surface area contributed by atoms with Crippen LogP contribution in [0.25, 0.3) is 0 Å². The van der Waals surface area contributed by atoms with Crippen molar-refractivity contribution in [3.8, 4) is 0 Å². The molecule has 1 aromatic rings. The molecule has 1 aromatic carbocycles. The highest BCUT2D eigenvalue weighted by Crippen LogP contribution is 2.48. The Hall–Kier alpha value is -0.890. The number of guanidine groups is 1. The molecule has 26 heavy (non-hydrogen) atoms. The Balaban J connectivity index is 0.00000196. The van der Waals surface area contributed by atoms with Crippen molar-refractivity contribution in [3.63, 3.8) is 0 Å². The van der Waals surface area contributed by atoms with E-state index in [1.165, 1.54) is 32.4 Å². The Kier molecular flexibility index (Phi) is 6.43. The van der Waals surface area contributed by atoms with E-state index in [2.05, 4.69) is 20.1 Å². The van der Waals surface area contributed by atoms with E-state index >= 15 is 0 Å². The van der Waals surface area contributed by atoms with Gasteiger partial charge < -0.3 is 10.2 Å². The minimum Gasteiger partial charge on any atom is -0.355 e. The van der Waals surface area contributed by atoms with E-state index in [1.807, 2.05) is 19.2 Å². The van der Waals surface area contributed by atoms with Gasteiger partial charge in [0.05, 0.1) is 0 Å². The maximum Gasteiger partial charge on any atom is 0.193 e. The molecule has 0 radical (unpaired) electrons. The summed E-state index contributed by atoms with van der Waals surface area (Å²) in [5.74, 6) is 0.899. The third kappa shape index (κ3) is 4.01. The van der Waals surface area contributed by atoms with E-state index in [0.29, 0.717) is 6.04 Å². The molecule has 1 unspecified atom stereocenters. The lowest BCUT2D eigenvalue weighted by molar-refractivity contribution is 0.249. The topological polar surface area (TPSA) is 30.9 Å². The van der Waals surface area contributed by atoms with Crippen LogP contribution in [0.5, 0.6) is 0 Å². The molecular weight excluding hydrogens is 442 g/mol. The quantitative estimate of drug-likeness (QED) is 0.415. The van der Waals surface area contributed by atoms with Gasteiger partial charge in [-0.25, -0.2) is 4.39 Å². The zero-order valence-corrected chi connectivity index (χ0v) is 17.9. The first kappa shape index (κ1) is 19.9. The monoisotopic (exact) mass is 472 g/mol. The number of halogens is 2. The van der Waals surface area contributed by atoms with Gasteiger partial charge in [-0.15, -0.1) is 24.0 Å². The van der Waals surface area contributed by atoms with Gasteiger partial charge in [-0.2, -0.15) is 0 Å². The zero-order valence-electron chi connectivity index (χ0n) is 15.6. The molecule has 0 bridgehead atoms. The first-order chi connectivity index (χ1) is 12.2. The SMILES string of the molecule is CN=C(NCC1(c2ccccc2F)CC1)N1CCC(N2CCCC2)C1.I. The molecule has 144 valence electrons. The van der Waals surface area contributed by atoms with Gasteiger partial charge in [0.25, 0.3) is 0 Å². The number of nitrogens with one attached hydrogen (secondary N) is 1. The van der Waals surface area contributed by atoms with Gasteiger partial charge in [0, 0.05) is 38.1 Å². The molecular formula is C20H30FIN4. The Labute approximate surface area is 173 Å². The molecule has 3 fully saturated rings. The average molecular weight is 472 g/mol. The Morgan fingerprint density at radius 1 is 1.23 bits per heavy atom. The first-order valence-electron chi connectivity index (χ1n) is 9.66. The number of hydrogen-bond acceptors (Lipinski definition) is 2. The van der Waals surface area contributed by atoms with E-state index in [9.17, 15) is 4.39 Å². The second kappa shape index (κ2) is 8.42. The lowest BCUT2D eigenvalue weighted by Crippen LogP contribution is -2.45. The maximum atomic E-state index is 14.2. The fourth-order valence-corrected chi connectivity index (χ4v) is 4.50. The van der Waals surface area contributed by atoms with Crippen molar-refractivity contribution in [2.24, 2.45) is 4.99 Å². The summed E-state index contributed by atoms with van der Waals surface area (Å²) in [5, 5.41) is 3.54. The van der Waals surface area contributed by atoms with E-state index in [4.69, 9.17) is 0 Å². The average Bonchev–Trinajstić information content (AvgIpc) is 3.03. The van der Waals surface area contributed by atoms with Gasteiger partial charge in [0.15, 0.2) is 5.96 Å². The van der Waals surface area contributed by atoms with Gasteiger partial charge in [-0.05, 0) is 56.8 Å². The number of likely N-dealkylation sites (tertiary alicyclic amines) is 2. The van der Waals surface area contributed by atoms with Crippen molar-refractivity contribution in [2.45, 2.75) is 43.6 Å². The minimum absolute atomic E-state index is 0. The summed E-state index contributed by atoms with van der Waals surface area (Å²) in [6.07, 6.45) is 6.01. The normalized spacial score (nSPS) is 25.2. The largest absolute Gasteiger partial charge is 0.355 e. The smallest absolute Gasteiger partial charge is 0.193 e. The second-order valence-electron chi connectivity index (χ2n) is 7.79. The highest BCUT2D eigenvalue weighted by Gasteiger charge is 2.46.